The van der Waals surface area contributed by atoms with Crippen LogP contribution in [0.5, 0.6) is 0 Å². The van der Waals surface area contributed by atoms with Gasteiger partial charge < -0.3 is 5.32 Å². The van der Waals surface area contributed by atoms with Crippen molar-refractivity contribution >= 4 is 10.0 Å². The van der Waals surface area contributed by atoms with Crippen molar-refractivity contribution in [3.05, 3.63) is 30.1 Å². The second-order valence-electron chi connectivity index (χ2n) is 3.71. The zero-order valence-corrected chi connectivity index (χ0v) is 10.8. The molecule has 0 spiro atoms. The fraction of sp³-hybridized carbons (Fsp3) is 0.545. The number of nitrogens with zero attached hydrogens (tertiary/aromatic N) is 1. The Bertz CT molecular complexity index is 406. The minimum atomic E-state index is -3.18. The second kappa shape index (κ2) is 7.37. The standard InChI is InChI=1S/C11H19N3O2S/c1-2-12-7-4-8-17(15,16)14-10-11-5-3-6-13-9-11/h3,5-6,9,12,14H,2,4,7-8,10H2,1H3. The van der Waals surface area contributed by atoms with Crippen LogP contribution in [0.4, 0.5) is 0 Å². The van der Waals surface area contributed by atoms with E-state index in [4.69, 9.17) is 0 Å². The quantitative estimate of drug-likeness (QED) is 0.665. The van der Waals surface area contributed by atoms with Crippen LogP contribution in [0, 0.1) is 0 Å². The van der Waals surface area contributed by atoms with Crippen LogP contribution in [0.2, 0.25) is 0 Å². The first-order valence-corrected chi connectivity index (χ1v) is 7.36. The topological polar surface area (TPSA) is 71.1 Å². The molecule has 1 aromatic rings. The lowest BCUT2D eigenvalue weighted by molar-refractivity contribution is 0.575. The molecule has 1 aromatic heterocycles. The highest BCUT2D eigenvalue weighted by Crippen LogP contribution is 1.97. The molecule has 1 heterocycles. The molecular formula is C11H19N3O2S. The second-order valence-corrected chi connectivity index (χ2v) is 5.63. The van der Waals surface area contributed by atoms with Gasteiger partial charge in [0, 0.05) is 18.9 Å². The Kier molecular flexibility index (Phi) is 6.10. The van der Waals surface area contributed by atoms with Crippen molar-refractivity contribution < 1.29 is 8.42 Å². The normalized spacial score (nSPS) is 11.6. The lowest BCUT2D eigenvalue weighted by Crippen LogP contribution is -2.28. The van der Waals surface area contributed by atoms with E-state index in [1.165, 1.54) is 0 Å². The molecule has 0 radical (unpaired) electrons. The van der Waals surface area contributed by atoms with Crippen molar-refractivity contribution in [3.63, 3.8) is 0 Å². The molecule has 6 heteroatoms. The summed E-state index contributed by atoms with van der Waals surface area (Å²) in [4.78, 5) is 3.93. The molecule has 0 unspecified atom stereocenters. The molecule has 96 valence electrons. The Morgan fingerprint density at radius 3 is 2.88 bits per heavy atom. The zero-order valence-electron chi connectivity index (χ0n) is 10.0. The van der Waals surface area contributed by atoms with Gasteiger partial charge in [-0.1, -0.05) is 13.0 Å². The smallest absolute Gasteiger partial charge is 0.211 e. The van der Waals surface area contributed by atoms with Gasteiger partial charge in [0.25, 0.3) is 0 Å². The van der Waals surface area contributed by atoms with Crippen molar-refractivity contribution in [1.29, 1.82) is 0 Å². The number of pyridine rings is 1. The first-order chi connectivity index (χ1) is 8.14. The first-order valence-electron chi connectivity index (χ1n) is 5.71. The maximum atomic E-state index is 11.6. The average molecular weight is 257 g/mol. The summed E-state index contributed by atoms with van der Waals surface area (Å²) in [7, 11) is -3.18. The van der Waals surface area contributed by atoms with E-state index in [2.05, 4.69) is 15.0 Å². The van der Waals surface area contributed by atoms with E-state index in [0.717, 1.165) is 18.7 Å². The van der Waals surface area contributed by atoms with Crippen LogP contribution in [0.3, 0.4) is 0 Å². The van der Waals surface area contributed by atoms with Gasteiger partial charge in [-0.3, -0.25) is 4.98 Å². The molecule has 0 saturated carbocycles. The number of sulfonamides is 1. The van der Waals surface area contributed by atoms with Crippen molar-refractivity contribution in [2.45, 2.75) is 19.9 Å². The van der Waals surface area contributed by atoms with Crippen LogP contribution >= 0.6 is 0 Å². The highest BCUT2D eigenvalue weighted by Gasteiger charge is 2.08. The molecule has 1 rings (SSSR count). The number of aromatic nitrogens is 1. The number of hydrogen-bond donors (Lipinski definition) is 2. The van der Waals surface area contributed by atoms with Gasteiger partial charge in [-0.05, 0) is 31.1 Å². The maximum Gasteiger partial charge on any atom is 0.211 e. The predicted molar refractivity (Wildman–Crippen MR) is 68.0 cm³/mol. The molecule has 2 N–H and O–H groups in total. The summed E-state index contributed by atoms with van der Waals surface area (Å²) in [6, 6.07) is 3.63. The molecule has 0 aliphatic carbocycles. The molecule has 0 aliphatic heterocycles. The minimum absolute atomic E-state index is 0.153. The van der Waals surface area contributed by atoms with Gasteiger partial charge in [0.2, 0.25) is 10.0 Å². The van der Waals surface area contributed by atoms with E-state index in [-0.39, 0.29) is 5.75 Å². The fourth-order valence-electron chi connectivity index (χ4n) is 1.33. The SMILES string of the molecule is CCNCCCS(=O)(=O)NCc1cccnc1. The third-order valence-electron chi connectivity index (χ3n) is 2.24. The Hall–Kier alpha value is -0.980. The van der Waals surface area contributed by atoms with E-state index in [1.807, 2.05) is 13.0 Å². The van der Waals surface area contributed by atoms with E-state index in [9.17, 15) is 8.42 Å². The lowest BCUT2D eigenvalue weighted by Gasteiger charge is -2.06. The van der Waals surface area contributed by atoms with Crippen LogP contribution in [-0.2, 0) is 16.6 Å². The molecule has 0 saturated heterocycles. The summed E-state index contributed by atoms with van der Waals surface area (Å²) in [6.07, 6.45) is 3.94. The monoisotopic (exact) mass is 257 g/mol. The van der Waals surface area contributed by atoms with Crippen LogP contribution in [0.25, 0.3) is 0 Å². The molecule has 5 nitrogen and oxygen atoms in total. The summed E-state index contributed by atoms with van der Waals surface area (Å²) in [6.45, 7) is 3.89. The van der Waals surface area contributed by atoms with Gasteiger partial charge in [0.05, 0.1) is 5.75 Å². The summed E-state index contributed by atoms with van der Waals surface area (Å²) >= 11 is 0. The van der Waals surface area contributed by atoms with Gasteiger partial charge in [-0.15, -0.1) is 0 Å². The zero-order chi connectivity index (χ0) is 12.6. The highest BCUT2D eigenvalue weighted by molar-refractivity contribution is 7.89. The van der Waals surface area contributed by atoms with E-state index < -0.39 is 10.0 Å². The van der Waals surface area contributed by atoms with Crippen LogP contribution in [0.1, 0.15) is 18.9 Å². The number of nitrogens with one attached hydrogen (secondary N) is 2. The predicted octanol–water partition coefficient (Wildman–Crippen LogP) is 0.501. The summed E-state index contributed by atoms with van der Waals surface area (Å²) in [5.74, 6) is 0.153. The lowest BCUT2D eigenvalue weighted by atomic mass is 10.3. The Morgan fingerprint density at radius 2 is 2.24 bits per heavy atom. The third kappa shape index (κ3) is 6.35. The minimum Gasteiger partial charge on any atom is -0.317 e. The molecular weight excluding hydrogens is 238 g/mol. The van der Waals surface area contributed by atoms with Crippen LogP contribution < -0.4 is 10.0 Å². The van der Waals surface area contributed by atoms with Crippen LogP contribution in [0.15, 0.2) is 24.5 Å². The molecule has 0 atom stereocenters. The van der Waals surface area contributed by atoms with Gasteiger partial charge in [-0.25, -0.2) is 13.1 Å². The van der Waals surface area contributed by atoms with Crippen molar-refractivity contribution in [1.82, 2.24) is 15.0 Å². The molecule has 17 heavy (non-hydrogen) atoms. The summed E-state index contributed by atoms with van der Waals surface area (Å²) < 4.78 is 25.8. The molecule has 0 fully saturated rings. The van der Waals surface area contributed by atoms with Gasteiger partial charge >= 0.3 is 0 Å². The van der Waals surface area contributed by atoms with Crippen LogP contribution in [-0.4, -0.2) is 32.2 Å². The van der Waals surface area contributed by atoms with E-state index >= 15 is 0 Å². The van der Waals surface area contributed by atoms with E-state index in [1.54, 1.807) is 18.5 Å². The third-order valence-corrected chi connectivity index (χ3v) is 3.65. The fourth-order valence-corrected chi connectivity index (χ4v) is 2.39. The average Bonchev–Trinajstić information content (AvgIpc) is 2.34. The molecule has 0 amide bonds. The molecule has 0 aliphatic rings. The van der Waals surface area contributed by atoms with Crippen molar-refractivity contribution in [2.75, 3.05) is 18.8 Å². The van der Waals surface area contributed by atoms with Gasteiger partial charge in [-0.2, -0.15) is 0 Å². The molecule has 0 aromatic carbocycles. The van der Waals surface area contributed by atoms with Gasteiger partial charge in [0.15, 0.2) is 0 Å². The summed E-state index contributed by atoms with van der Waals surface area (Å²) in [5.41, 5.74) is 0.864. The molecule has 0 bridgehead atoms. The summed E-state index contributed by atoms with van der Waals surface area (Å²) in [5, 5.41) is 3.09. The van der Waals surface area contributed by atoms with E-state index in [0.29, 0.717) is 13.0 Å². The van der Waals surface area contributed by atoms with Crippen molar-refractivity contribution in [3.8, 4) is 0 Å². The highest BCUT2D eigenvalue weighted by atomic mass is 32.2. The van der Waals surface area contributed by atoms with Gasteiger partial charge in [0.1, 0.15) is 0 Å². The largest absolute Gasteiger partial charge is 0.317 e. The maximum absolute atomic E-state index is 11.6. The van der Waals surface area contributed by atoms with Crippen molar-refractivity contribution in [2.24, 2.45) is 0 Å². The Morgan fingerprint density at radius 1 is 1.41 bits per heavy atom. The number of hydrogen-bond acceptors (Lipinski definition) is 4. The Balaban J connectivity index is 2.30. The number of rotatable bonds is 8. The first kappa shape index (κ1) is 14.1. The Labute approximate surface area is 103 Å².